The molecule has 0 amide bonds. The Labute approximate surface area is 182 Å². The topological polar surface area (TPSA) is 80.3 Å². The third kappa shape index (κ3) is 4.26. The molecule has 2 N–H and O–H groups in total. The molecule has 0 saturated carbocycles. The monoisotopic (exact) mass is 435 g/mol. The molecule has 6 nitrogen and oxygen atoms in total. The number of hydrogen-bond donors (Lipinski definition) is 2. The number of benzene rings is 2. The van der Waals surface area contributed by atoms with Gasteiger partial charge in [0.15, 0.2) is 11.6 Å². The average Bonchev–Trinajstić information content (AvgIpc) is 2.83. The molecule has 4 rings (SSSR count). The Hall–Kier alpha value is -3.91. The Morgan fingerprint density at radius 3 is 2.28 bits per heavy atom. The maximum absolute atomic E-state index is 13.7. The van der Waals surface area contributed by atoms with Crippen molar-refractivity contribution in [3.05, 3.63) is 122 Å². The van der Waals surface area contributed by atoms with Crippen molar-refractivity contribution in [3.8, 4) is 5.75 Å². The summed E-state index contributed by atoms with van der Waals surface area (Å²) in [6.07, 6.45) is 3.11. The summed E-state index contributed by atoms with van der Waals surface area (Å²) >= 11 is 0. The number of anilines is 1. The van der Waals surface area contributed by atoms with Crippen molar-refractivity contribution in [2.24, 2.45) is 0 Å². The SMILES string of the molecule is CC(NC(c1ccncc1)c1c(ONc2ccccc2)c(=O)c1=O)c1ccc(F)c(F)c1. The van der Waals surface area contributed by atoms with E-state index in [-0.39, 0.29) is 11.3 Å². The van der Waals surface area contributed by atoms with Gasteiger partial charge in [-0.05, 0) is 54.4 Å². The van der Waals surface area contributed by atoms with Gasteiger partial charge in [-0.25, -0.2) is 14.3 Å². The maximum atomic E-state index is 13.7. The van der Waals surface area contributed by atoms with Crippen LogP contribution in [0.5, 0.6) is 5.75 Å². The van der Waals surface area contributed by atoms with Crippen LogP contribution in [-0.2, 0) is 0 Å². The smallest absolute Gasteiger partial charge is 0.271 e. The van der Waals surface area contributed by atoms with Crippen LogP contribution in [-0.4, -0.2) is 4.98 Å². The van der Waals surface area contributed by atoms with Crippen LogP contribution in [0, 0.1) is 11.6 Å². The molecule has 0 spiro atoms. The molecule has 3 aromatic carbocycles. The number of halogens is 2. The maximum Gasteiger partial charge on any atom is 0.271 e. The zero-order chi connectivity index (χ0) is 22.7. The minimum atomic E-state index is -0.971. The van der Waals surface area contributed by atoms with Crippen molar-refractivity contribution in [2.75, 3.05) is 5.48 Å². The van der Waals surface area contributed by atoms with Gasteiger partial charge in [-0.3, -0.25) is 19.9 Å². The molecule has 1 aromatic heterocycles. The van der Waals surface area contributed by atoms with Crippen LogP contribution in [0.3, 0.4) is 0 Å². The molecule has 4 aromatic rings. The minimum absolute atomic E-state index is 0.106. The predicted molar refractivity (Wildman–Crippen MR) is 116 cm³/mol. The van der Waals surface area contributed by atoms with E-state index >= 15 is 0 Å². The molecule has 162 valence electrons. The number of aromatic nitrogens is 1. The molecule has 0 fully saturated rings. The summed E-state index contributed by atoms with van der Waals surface area (Å²) in [6, 6.07) is 14.7. The van der Waals surface area contributed by atoms with E-state index in [0.717, 1.165) is 12.1 Å². The number of para-hydroxylation sites is 1. The first-order chi connectivity index (χ1) is 15.5. The van der Waals surface area contributed by atoms with E-state index in [0.29, 0.717) is 16.8 Å². The summed E-state index contributed by atoms with van der Waals surface area (Å²) in [6.45, 7) is 1.75. The zero-order valence-corrected chi connectivity index (χ0v) is 17.0. The highest BCUT2D eigenvalue weighted by molar-refractivity contribution is 5.48. The molecule has 0 aliphatic heterocycles. The molecule has 0 radical (unpaired) electrons. The van der Waals surface area contributed by atoms with E-state index in [4.69, 9.17) is 4.84 Å². The summed E-state index contributed by atoms with van der Waals surface area (Å²) in [5.74, 6) is -2.02. The molecule has 0 aliphatic carbocycles. The highest BCUT2D eigenvalue weighted by atomic mass is 19.2. The Bertz CT molecular complexity index is 1290. The molecule has 2 unspecified atom stereocenters. The Kier molecular flexibility index (Phi) is 6.04. The lowest BCUT2D eigenvalue weighted by Gasteiger charge is -2.26. The van der Waals surface area contributed by atoms with Crippen molar-refractivity contribution < 1.29 is 13.6 Å². The first-order valence-electron chi connectivity index (χ1n) is 9.87. The van der Waals surface area contributed by atoms with E-state index in [1.807, 2.05) is 6.07 Å². The van der Waals surface area contributed by atoms with Gasteiger partial charge >= 0.3 is 0 Å². The molecule has 0 saturated heterocycles. The first kappa shape index (κ1) is 21.3. The van der Waals surface area contributed by atoms with Crippen LogP contribution < -0.4 is 26.5 Å². The molecule has 1 heterocycles. The fourth-order valence-electron chi connectivity index (χ4n) is 3.40. The van der Waals surface area contributed by atoms with E-state index < -0.39 is 34.6 Å². The fraction of sp³-hybridized carbons (Fsp3) is 0.125. The Morgan fingerprint density at radius 2 is 1.59 bits per heavy atom. The summed E-state index contributed by atoms with van der Waals surface area (Å²) in [7, 11) is 0. The van der Waals surface area contributed by atoms with Crippen molar-refractivity contribution in [1.82, 2.24) is 10.3 Å². The van der Waals surface area contributed by atoms with Crippen LogP contribution in [0.4, 0.5) is 14.5 Å². The quantitative estimate of drug-likeness (QED) is 0.324. The molecular formula is C24H19F2N3O3. The second kappa shape index (κ2) is 9.07. The molecule has 8 heteroatoms. The molecule has 0 aliphatic rings. The van der Waals surface area contributed by atoms with Crippen molar-refractivity contribution >= 4 is 5.69 Å². The average molecular weight is 435 g/mol. The Balaban J connectivity index is 1.66. The van der Waals surface area contributed by atoms with Gasteiger partial charge < -0.3 is 4.84 Å². The largest absolute Gasteiger partial charge is 0.377 e. The third-order valence-electron chi connectivity index (χ3n) is 5.13. The van der Waals surface area contributed by atoms with Crippen LogP contribution in [0.2, 0.25) is 0 Å². The van der Waals surface area contributed by atoms with Crippen LogP contribution in [0.1, 0.15) is 35.7 Å². The Morgan fingerprint density at radius 1 is 0.875 bits per heavy atom. The number of pyridine rings is 1. The normalized spacial score (nSPS) is 13.0. The summed E-state index contributed by atoms with van der Waals surface area (Å²) < 4.78 is 27.1. The fourth-order valence-corrected chi connectivity index (χ4v) is 3.40. The number of nitrogens with one attached hydrogen (secondary N) is 2. The van der Waals surface area contributed by atoms with Gasteiger partial charge in [-0.2, -0.15) is 0 Å². The van der Waals surface area contributed by atoms with Crippen LogP contribution in [0.25, 0.3) is 0 Å². The van der Waals surface area contributed by atoms with Gasteiger partial charge in [0.2, 0.25) is 11.2 Å². The lowest BCUT2D eigenvalue weighted by molar-refractivity contribution is 0.379. The highest BCUT2D eigenvalue weighted by Crippen LogP contribution is 2.30. The van der Waals surface area contributed by atoms with E-state index in [1.54, 1.807) is 55.7 Å². The summed E-state index contributed by atoms with van der Waals surface area (Å²) in [5.41, 5.74) is 3.13. The van der Waals surface area contributed by atoms with Gasteiger partial charge in [0, 0.05) is 18.4 Å². The summed E-state index contributed by atoms with van der Waals surface area (Å²) in [4.78, 5) is 34.3. The van der Waals surface area contributed by atoms with Crippen molar-refractivity contribution in [2.45, 2.75) is 19.0 Å². The second-order valence-electron chi connectivity index (χ2n) is 7.25. The van der Waals surface area contributed by atoms with Crippen molar-refractivity contribution in [1.29, 1.82) is 0 Å². The standard InChI is InChI=1S/C24H19F2N3O3/c1-14(16-7-8-18(25)19(26)13-16)28-21(15-9-11-27-12-10-15)20-22(30)23(31)24(20)32-29-17-5-3-2-4-6-17/h2-14,21,28-29H,1H3. The van der Waals surface area contributed by atoms with Crippen LogP contribution in [0.15, 0.2) is 82.6 Å². The number of rotatable bonds is 8. The van der Waals surface area contributed by atoms with Crippen LogP contribution >= 0.6 is 0 Å². The van der Waals surface area contributed by atoms with Gasteiger partial charge in [-0.1, -0.05) is 24.3 Å². The summed E-state index contributed by atoms with van der Waals surface area (Å²) in [5, 5.41) is 3.22. The van der Waals surface area contributed by atoms with Gasteiger partial charge in [-0.15, -0.1) is 0 Å². The molecule has 2 atom stereocenters. The van der Waals surface area contributed by atoms with E-state index in [2.05, 4.69) is 15.8 Å². The van der Waals surface area contributed by atoms with Gasteiger partial charge in [0.05, 0.1) is 17.3 Å². The number of hydrogen-bond acceptors (Lipinski definition) is 6. The molecule has 32 heavy (non-hydrogen) atoms. The predicted octanol–water partition coefficient (Wildman–Crippen LogP) is 3.80. The van der Waals surface area contributed by atoms with Crippen molar-refractivity contribution in [3.63, 3.8) is 0 Å². The minimum Gasteiger partial charge on any atom is -0.377 e. The highest BCUT2D eigenvalue weighted by Gasteiger charge is 2.32. The molecule has 0 bridgehead atoms. The second-order valence-corrected chi connectivity index (χ2v) is 7.25. The zero-order valence-electron chi connectivity index (χ0n) is 17.0. The lowest BCUT2D eigenvalue weighted by Crippen LogP contribution is -2.43. The first-order valence-corrected chi connectivity index (χ1v) is 9.87. The number of nitrogens with zero attached hydrogens (tertiary/aromatic N) is 1. The lowest BCUT2D eigenvalue weighted by atomic mass is 9.93. The van der Waals surface area contributed by atoms with E-state index in [1.165, 1.54) is 6.07 Å². The van der Waals surface area contributed by atoms with Gasteiger partial charge in [0.25, 0.3) is 5.43 Å². The van der Waals surface area contributed by atoms with Gasteiger partial charge in [0.1, 0.15) is 0 Å². The van der Waals surface area contributed by atoms with E-state index in [9.17, 15) is 18.4 Å². The molecular weight excluding hydrogens is 416 g/mol. The third-order valence-corrected chi connectivity index (χ3v) is 5.13.